The number of hydrogen-bond acceptors (Lipinski definition) is 7. The smallest absolute Gasteiger partial charge is 0.308 e. The minimum Gasteiger partial charge on any atom is -0.493 e. The van der Waals surface area contributed by atoms with Gasteiger partial charge in [0.15, 0.2) is 5.54 Å². The van der Waals surface area contributed by atoms with E-state index in [0.717, 1.165) is 57.3 Å². The normalized spacial score (nSPS) is 24.6. The maximum atomic E-state index is 14.4. The van der Waals surface area contributed by atoms with Crippen LogP contribution >= 0.6 is 0 Å². The molecule has 3 atom stereocenters. The molecule has 8 nitrogen and oxygen atoms in total. The lowest BCUT2D eigenvalue weighted by Crippen LogP contribution is -2.75. The van der Waals surface area contributed by atoms with Crippen LogP contribution in [0.1, 0.15) is 56.1 Å². The van der Waals surface area contributed by atoms with Crippen molar-refractivity contribution in [1.29, 1.82) is 5.26 Å². The van der Waals surface area contributed by atoms with E-state index in [0.29, 0.717) is 34.9 Å². The fourth-order valence-electron chi connectivity index (χ4n) is 6.68. The van der Waals surface area contributed by atoms with Gasteiger partial charge < -0.3 is 24.6 Å². The molecule has 0 aromatic heterocycles. The topological polar surface area (TPSA) is 106 Å². The first kappa shape index (κ1) is 29.7. The van der Waals surface area contributed by atoms with E-state index < -0.39 is 17.6 Å². The number of ether oxygens (including phenoxy) is 2. The van der Waals surface area contributed by atoms with Crippen LogP contribution in [0.15, 0.2) is 54.6 Å². The van der Waals surface area contributed by atoms with Crippen molar-refractivity contribution in [2.24, 2.45) is 5.73 Å². The number of carbonyl (C=O) groups is 2. The number of nitriles is 1. The molecule has 0 aliphatic carbocycles. The van der Waals surface area contributed by atoms with Gasteiger partial charge in [-0.25, -0.2) is 0 Å². The van der Waals surface area contributed by atoms with Crippen LogP contribution in [0.2, 0.25) is 0 Å². The Morgan fingerprint density at radius 3 is 2.50 bits per heavy atom. The summed E-state index contributed by atoms with van der Waals surface area (Å²) in [6, 6.07) is 18.0. The Morgan fingerprint density at radius 2 is 1.82 bits per heavy atom. The molecule has 2 aliphatic heterocycles. The van der Waals surface area contributed by atoms with Crippen molar-refractivity contribution in [3.63, 3.8) is 0 Å². The standard InChI is InChI=1S/C32H43N4O4/c1-35-18-14-27(15-19-35)36(2)20-7-6-16-32(36,17-21-39-28-12-10-25(23-33)11-13-28)31(38)29(34)22-30(37)40-24-26-8-4-3-5-9-26/h3-5,8-13,27,29H,6-7,14-22,24,34H2,1-2H3/q+1/t29-,32+,36-/m0/s1. The van der Waals surface area contributed by atoms with Gasteiger partial charge in [0.25, 0.3) is 0 Å². The number of hydrogen-bond donors (Lipinski definition) is 1. The first-order valence-corrected chi connectivity index (χ1v) is 14.4. The lowest BCUT2D eigenvalue weighted by Gasteiger charge is -2.58. The molecule has 0 unspecified atom stereocenters. The number of nitrogens with zero attached hydrogens (tertiary/aromatic N) is 3. The number of benzene rings is 2. The molecule has 2 aliphatic rings. The highest BCUT2D eigenvalue weighted by Gasteiger charge is 2.59. The number of quaternary nitrogens is 1. The molecule has 0 spiro atoms. The predicted molar refractivity (Wildman–Crippen MR) is 153 cm³/mol. The Hall–Kier alpha value is -3.25. The van der Waals surface area contributed by atoms with Crippen LogP contribution in [0.3, 0.4) is 0 Å². The van der Waals surface area contributed by atoms with E-state index in [4.69, 9.17) is 20.5 Å². The van der Waals surface area contributed by atoms with Crippen molar-refractivity contribution in [1.82, 2.24) is 4.90 Å². The van der Waals surface area contributed by atoms with Crippen molar-refractivity contribution >= 4 is 11.8 Å². The van der Waals surface area contributed by atoms with E-state index >= 15 is 0 Å². The molecule has 2 saturated heterocycles. The molecule has 2 heterocycles. The van der Waals surface area contributed by atoms with Gasteiger partial charge in [-0.2, -0.15) is 5.26 Å². The van der Waals surface area contributed by atoms with Crippen LogP contribution in [0.25, 0.3) is 0 Å². The summed E-state index contributed by atoms with van der Waals surface area (Å²) in [4.78, 5) is 29.5. The van der Waals surface area contributed by atoms with Gasteiger partial charge in [0.1, 0.15) is 12.4 Å². The highest BCUT2D eigenvalue weighted by Crippen LogP contribution is 2.43. The first-order valence-electron chi connectivity index (χ1n) is 14.4. The predicted octanol–water partition coefficient (Wildman–Crippen LogP) is 3.82. The summed E-state index contributed by atoms with van der Waals surface area (Å²) >= 11 is 0. The lowest BCUT2D eigenvalue weighted by atomic mass is 9.73. The quantitative estimate of drug-likeness (QED) is 0.337. The third-order valence-electron chi connectivity index (χ3n) is 9.13. The number of ketones is 1. The van der Waals surface area contributed by atoms with Gasteiger partial charge in [0.2, 0.25) is 5.78 Å². The van der Waals surface area contributed by atoms with Gasteiger partial charge in [0, 0.05) is 38.8 Å². The van der Waals surface area contributed by atoms with Crippen molar-refractivity contribution in [2.75, 3.05) is 40.3 Å². The van der Waals surface area contributed by atoms with E-state index in [-0.39, 0.29) is 18.8 Å². The zero-order valence-electron chi connectivity index (χ0n) is 23.9. The van der Waals surface area contributed by atoms with Crippen LogP contribution in [0, 0.1) is 11.3 Å². The van der Waals surface area contributed by atoms with Crippen LogP contribution in [-0.4, -0.2) is 79.1 Å². The lowest BCUT2D eigenvalue weighted by molar-refractivity contribution is -0.977. The summed E-state index contributed by atoms with van der Waals surface area (Å²) in [5.41, 5.74) is 7.27. The minimum absolute atomic E-state index is 0.0614. The molecule has 0 amide bonds. The van der Waals surface area contributed by atoms with E-state index in [1.165, 1.54) is 0 Å². The van der Waals surface area contributed by atoms with Gasteiger partial charge in [-0.05, 0) is 49.7 Å². The van der Waals surface area contributed by atoms with Crippen molar-refractivity contribution in [3.8, 4) is 11.8 Å². The molecule has 0 bridgehead atoms. The maximum absolute atomic E-state index is 14.4. The molecular formula is C32H43N4O4+. The zero-order chi connectivity index (χ0) is 28.6. The Labute approximate surface area is 238 Å². The number of Topliss-reactive ketones (excluding diaryl/α,β-unsaturated/α-hetero) is 1. The van der Waals surface area contributed by atoms with Crippen LogP contribution in [0.5, 0.6) is 5.75 Å². The van der Waals surface area contributed by atoms with Crippen LogP contribution < -0.4 is 10.5 Å². The molecule has 214 valence electrons. The number of likely N-dealkylation sites (tertiary alicyclic amines) is 2. The summed E-state index contributed by atoms with van der Waals surface area (Å²) in [6.45, 7) is 3.42. The molecule has 2 aromatic carbocycles. The average molecular weight is 548 g/mol. The molecule has 0 saturated carbocycles. The minimum atomic E-state index is -0.944. The Kier molecular flexibility index (Phi) is 9.96. The number of likely N-dealkylation sites (N-methyl/N-ethyl adjacent to an activating group) is 1. The maximum Gasteiger partial charge on any atom is 0.308 e. The monoisotopic (exact) mass is 547 g/mol. The SMILES string of the molecule is CN1CCC([N@+]2(C)CCCC[C@@]2(CCOc2ccc(C#N)cc2)C(=O)[C@@H](N)CC(=O)OCc2ccccc2)CC1. The van der Waals surface area contributed by atoms with Gasteiger partial charge in [0.05, 0.1) is 50.3 Å². The van der Waals surface area contributed by atoms with E-state index in [1.807, 2.05) is 30.3 Å². The average Bonchev–Trinajstić information content (AvgIpc) is 2.98. The third-order valence-corrected chi connectivity index (χ3v) is 9.13. The Balaban J connectivity index is 1.52. The number of carbonyl (C=O) groups excluding carboxylic acids is 2. The summed E-state index contributed by atoms with van der Waals surface area (Å²) in [5.74, 6) is 0.145. The summed E-state index contributed by atoms with van der Waals surface area (Å²) < 4.78 is 12.2. The fourth-order valence-corrected chi connectivity index (χ4v) is 6.68. The highest BCUT2D eigenvalue weighted by molar-refractivity contribution is 5.94. The van der Waals surface area contributed by atoms with Gasteiger partial charge >= 0.3 is 5.97 Å². The first-order chi connectivity index (χ1) is 19.3. The fraction of sp³-hybridized carbons (Fsp3) is 0.531. The van der Waals surface area contributed by atoms with Crippen molar-refractivity contribution in [2.45, 2.75) is 69.2 Å². The van der Waals surface area contributed by atoms with Crippen LogP contribution in [-0.2, 0) is 20.9 Å². The van der Waals surface area contributed by atoms with E-state index in [2.05, 4.69) is 25.1 Å². The van der Waals surface area contributed by atoms with E-state index in [1.54, 1.807) is 24.3 Å². The molecule has 2 aromatic rings. The van der Waals surface area contributed by atoms with Gasteiger partial charge in [-0.3, -0.25) is 9.59 Å². The largest absolute Gasteiger partial charge is 0.493 e. The number of esters is 1. The zero-order valence-corrected chi connectivity index (χ0v) is 23.9. The third kappa shape index (κ3) is 6.72. The molecular weight excluding hydrogens is 504 g/mol. The van der Waals surface area contributed by atoms with Gasteiger partial charge in [-0.15, -0.1) is 0 Å². The molecule has 2 N–H and O–H groups in total. The second-order valence-corrected chi connectivity index (χ2v) is 11.6. The number of nitrogens with two attached hydrogens (primary N) is 1. The van der Waals surface area contributed by atoms with Crippen molar-refractivity contribution < 1.29 is 23.5 Å². The Morgan fingerprint density at radius 1 is 1.12 bits per heavy atom. The van der Waals surface area contributed by atoms with Crippen molar-refractivity contribution in [3.05, 3.63) is 65.7 Å². The number of piperidine rings is 2. The van der Waals surface area contributed by atoms with Gasteiger partial charge in [-0.1, -0.05) is 30.3 Å². The second-order valence-electron chi connectivity index (χ2n) is 11.6. The second kappa shape index (κ2) is 13.4. The molecule has 0 radical (unpaired) electrons. The molecule has 8 heteroatoms. The number of rotatable bonds is 11. The summed E-state index contributed by atoms with van der Waals surface area (Å²) in [6.07, 6.45) is 5.13. The molecule has 4 rings (SSSR count). The molecule has 2 fully saturated rings. The van der Waals surface area contributed by atoms with E-state index in [9.17, 15) is 9.59 Å². The van der Waals surface area contributed by atoms with Crippen LogP contribution in [0.4, 0.5) is 0 Å². The summed E-state index contributed by atoms with van der Waals surface area (Å²) in [7, 11) is 4.38. The highest BCUT2D eigenvalue weighted by atomic mass is 16.5. The Bertz CT molecular complexity index is 1170. The summed E-state index contributed by atoms with van der Waals surface area (Å²) in [5, 5.41) is 9.10. The molecule has 40 heavy (non-hydrogen) atoms.